The van der Waals surface area contributed by atoms with E-state index in [1.807, 2.05) is 0 Å². The van der Waals surface area contributed by atoms with Crippen LogP contribution < -0.4 is 10.6 Å². The monoisotopic (exact) mass is 286 g/mol. The molecule has 1 unspecified atom stereocenters. The van der Waals surface area contributed by atoms with E-state index in [-0.39, 0.29) is 23.9 Å². The van der Waals surface area contributed by atoms with Gasteiger partial charge in [0.05, 0.1) is 5.56 Å². The minimum absolute atomic E-state index is 0. The van der Waals surface area contributed by atoms with E-state index >= 15 is 0 Å². The second-order valence-electron chi connectivity index (χ2n) is 4.84. The van der Waals surface area contributed by atoms with Crippen LogP contribution in [0, 0.1) is 18.7 Å². The largest absolute Gasteiger partial charge is 0.352 e. The fraction of sp³-hybridized carbons (Fsp3) is 0.500. The molecule has 0 spiro atoms. The Labute approximate surface area is 119 Å². The second-order valence-corrected chi connectivity index (χ2v) is 4.84. The van der Waals surface area contributed by atoms with Crippen LogP contribution >= 0.6 is 12.4 Å². The molecule has 106 valence electrons. The Kier molecular flexibility index (Phi) is 6.25. The lowest BCUT2D eigenvalue weighted by Crippen LogP contribution is -2.27. The molecule has 1 heterocycles. The molecule has 1 fully saturated rings. The molecule has 5 heteroatoms. The van der Waals surface area contributed by atoms with E-state index in [1.54, 1.807) is 19.1 Å². The Morgan fingerprint density at radius 1 is 1.53 bits per heavy atom. The highest BCUT2D eigenvalue weighted by Crippen LogP contribution is 2.13. The quantitative estimate of drug-likeness (QED) is 0.892. The van der Waals surface area contributed by atoms with Gasteiger partial charge in [-0.3, -0.25) is 4.79 Å². The van der Waals surface area contributed by atoms with Crippen LogP contribution in [0.4, 0.5) is 4.39 Å². The Morgan fingerprint density at radius 2 is 2.32 bits per heavy atom. The van der Waals surface area contributed by atoms with Gasteiger partial charge in [0.1, 0.15) is 5.82 Å². The molecule has 1 saturated heterocycles. The van der Waals surface area contributed by atoms with E-state index in [0.717, 1.165) is 25.9 Å². The topological polar surface area (TPSA) is 41.1 Å². The maximum absolute atomic E-state index is 13.7. The van der Waals surface area contributed by atoms with Gasteiger partial charge in [0.25, 0.3) is 5.91 Å². The summed E-state index contributed by atoms with van der Waals surface area (Å²) in [7, 11) is 0. The molecule has 1 aliphatic rings. The maximum Gasteiger partial charge on any atom is 0.254 e. The third kappa shape index (κ3) is 4.18. The zero-order valence-corrected chi connectivity index (χ0v) is 11.9. The molecule has 1 aromatic carbocycles. The number of nitrogens with one attached hydrogen (secondary N) is 2. The summed E-state index contributed by atoms with van der Waals surface area (Å²) in [5.74, 6) is -0.104. The lowest BCUT2D eigenvalue weighted by Gasteiger charge is -2.10. The van der Waals surface area contributed by atoms with Gasteiger partial charge in [0.15, 0.2) is 0 Å². The van der Waals surface area contributed by atoms with E-state index in [0.29, 0.717) is 18.0 Å². The number of carbonyl (C=O) groups excluding carboxylic acids is 1. The number of carbonyl (C=O) groups is 1. The van der Waals surface area contributed by atoms with E-state index in [4.69, 9.17) is 0 Å². The summed E-state index contributed by atoms with van der Waals surface area (Å²) < 4.78 is 13.7. The van der Waals surface area contributed by atoms with Gasteiger partial charge in [0, 0.05) is 6.54 Å². The first-order valence-corrected chi connectivity index (χ1v) is 6.42. The third-order valence-electron chi connectivity index (χ3n) is 3.44. The normalized spacial score (nSPS) is 17.9. The van der Waals surface area contributed by atoms with Crippen molar-refractivity contribution in [3.63, 3.8) is 0 Å². The molecule has 2 rings (SSSR count). The Morgan fingerprint density at radius 3 is 3.00 bits per heavy atom. The molecular formula is C14H20ClFN2O. The Hall–Kier alpha value is -1.13. The summed E-state index contributed by atoms with van der Waals surface area (Å²) in [5, 5.41) is 6.07. The van der Waals surface area contributed by atoms with Crippen molar-refractivity contribution in [1.82, 2.24) is 10.6 Å². The molecule has 2 N–H and O–H groups in total. The summed E-state index contributed by atoms with van der Waals surface area (Å²) in [4.78, 5) is 11.8. The molecule has 0 radical (unpaired) electrons. The van der Waals surface area contributed by atoms with E-state index in [9.17, 15) is 9.18 Å². The van der Waals surface area contributed by atoms with Crippen LogP contribution in [0.1, 0.15) is 28.8 Å². The van der Waals surface area contributed by atoms with Crippen LogP contribution in [0.5, 0.6) is 0 Å². The first kappa shape index (κ1) is 15.9. The first-order valence-electron chi connectivity index (χ1n) is 6.42. The summed E-state index contributed by atoms with van der Waals surface area (Å²) in [6.07, 6.45) is 2.11. The molecule has 0 aliphatic carbocycles. The van der Waals surface area contributed by atoms with Crippen molar-refractivity contribution in [2.24, 2.45) is 5.92 Å². The summed E-state index contributed by atoms with van der Waals surface area (Å²) >= 11 is 0. The number of amides is 1. The molecule has 1 aromatic rings. The maximum atomic E-state index is 13.7. The lowest BCUT2D eigenvalue weighted by molar-refractivity contribution is 0.0947. The third-order valence-corrected chi connectivity index (χ3v) is 3.44. The number of benzene rings is 1. The highest BCUT2D eigenvalue weighted by Gasteiger charge is 2.16. The molecule has 0 bridgehead atoms. The van der Waals surface area contributed by atoms with Crippen molar-refractivity contribution in [2.45, 2.75) is 19.8 Å². The molecule has 1 aliphatic heterocycles. The molecule has 1 atom stereocenters. The van der Waals surface area contributed by atoms with E-state index in [2.05, 4.69) is 10.6 Å². The van der Waals surface area contributed by atoms with Gasteiger partial charge in [-0.2, -0.15) is 0 Å². The first-order chi connectivity index (χ1) is 8.68. The zero-order chi connectivity index (χ0) is 13.0. The van der Waals surface area contributed by atoms with Gasteiger partial charge >= 0.3 is 0 Å². The number of hydrogen-bond acceptors (Lipinski definition) is 2. The fourth-order valence-corrected chi connectivity index (χ4v) is 2.27. The average molecular weight is 287 g/mol. The fourth-order valence-electron chi connectivity index (χ4n) is 2.27. The van der Waals surface area contributed by atoms with Gasteiger partial charge in [-0.15, -0.1) is 12.4 Å². The van der Waals surface area contributed by atoms with Crippen molar-refractivity contribution in [1.29, 1.82) is 0 Å². The second kappa shape index (κ2) is 7.46. The highest BCUT2D eigenvalue weighted by molar-refractivity contribution is 5.94. The Bertz CT molecular complexity index is 433. The smallest absolute Gasteiger partial charge is 0.254 e. The van der Waals surface area contributed by atoms with Gasteiger partial charge in [-0.1, -0.05) is 12.1 Å². The van der Waals surface area contributed by atoms with Crippen LogP contribution in [-0.2, 0) is 0 Å². The van der Waals surface area contributed by atoms with Crippen LogP contribution in [0.2, 0.25) is 0 Å². The van der Waals surface area contributed by atoms with E-state index in [1.165, 1.54) is 6.07 Å². The van der Waals surface area contributed by atoms with Crippen molar-refractivity contribution in [3.8, 4) is 0 Å². The zero-order valence-electron chi connectivity index (χ0n) is 11.0. The van der Waals surface area contributed by atoms with Crippen molar-refractivity contribution in [2.75, 3.05) is 19.6 Å². The molecule has 0 saturated carbocycles. The summed E-state index contributed by atoms with van der Waals surface area (Å²) in [5.41, 5.74) is 0.641. The van der Waals surface area contributed by atoms with Gasteiger partial charge in [0.2, 0.25) is 0 Å². The molecular weight excluding hydrogens is 267 g/mol. The van der Waals surface area contributed by atoms with Gasteiger partial charge in [-0.25, -0.2) is 4.39 Å². The number of hydrogen-bond donors (Lipinski definition) is 2. The molecule has 3 nitrogen and oxygen atoms in total. The van der Waals surface area contributed by atoms with Crippen LogP contribution in [0.3, 0.4) is 0 Å². The number of aryl methyl sites for hydroxylation is 1. The van der Waals surface area contributed by atoms with Crippen LogP contribution in [0.25, 0.3) is 0 Å². The van der Waals surface area contributed by atoms with Crippen molar-refractivity contribution in [3.05, 3.63) is 35.1 Å². The highest BCUT2D eigenvalue weighted by atomic mass is 35.5. The number of halogens is 2. The summed E-state index contributed by atoms with van der Waals surface area (Å²) in [6.45, 7) is 4.36. The number of rotatable bonds is 4. The SMILES string of the molecule is Cc1cccc(C(=O)NCCC2CCNC2)c1F.Cl. The summed E-state index contributed by atoms with van der Waals surface area (Å²) in [6, 6.07) is 4.89. The van der Waals surface area contributed by atoms with Crippen molar-refractivity contribution >= 4 is 18.3 Å². The van der Waals surface area contributed by atoms with Gasteiger partial charge < -0.3 is 10.6 Å². The predicted octanol–water partition coefficient (Wildman–Crippen LogP) is 2.29. The minimum atomic E-state index is -0.419. The lowest BCUT2D eigenvalue weighted by atomic mass is 10.1. The Balaban J connectivity index is 0.00000180. The minimum Gasteiger partial charge on any atom is -0.352 e. The average Bonchev–Trinajstić information content (AvgIpc) is 2.85. The molecule has 0 aromatic heterocycles. The molecule has 19 heavy (non-hydrogen) atoms. The predicted molar refractivity (Wildman–Crippen MR) is 76.3 cm³/mol. The van der Waals surface area contributed by atoms with Gasteiger partial charge in [-0.05, 0) is 50.4 Å². The van der Waals surface area contributed by atoms with E-state index < -0.39 is 5.82 Å². The van der Waals surface area contributed by atoms with Crippen molar-refractivity contribution < 1.29 is 9.18 Å². The molecule has 1 amide bonds. The standard InChI is InChI=1S/C14H19FN2O.ClH/c1-10-3-2-4-12(13(10)15)14(18)17-8-6-11-5-7-16-9-11;/h2-4,11,16H,5-9H2,1H3,(H,17,18);1H. The van der Waals surface area contributed by atoms with Crippen LogP contribution in [-0.4, -0.2) is 25.5 Å². The van der Waals surface area contributed by atoms with Crippen LogP contribution in [0.15, 0.2) is 18.2 Å².